The molecule has 144 valence electrons. The van der Waals surface area contributed by atoms with Crippen LogP contribution in [0.15, 0.2) is 47.5 Å². The van der Waals surface area contributed by atoms with Crippen LogP contribution in [0.3, 0.4) is 0 Å². The van der Waals surface area contributed by atoms with Gasteiger partial charge in [0.2, 0.25) is 0 Å². The van der Waals surface area contributed by atoms with Crippen LogP contribution in [0, 0.1) is 0 Å². The number of rotatable bonds is 6. The van der Waals surface area contributed by atoms with Gasteiger partial charge in [0.25, 0.3) is 0 Å². The van der Waals surface area contributed by atoms with Crippen LogP contribution in [-0.4, -0.2) is 49.1 Å². The molecule has 2 fully saturated rings. The number of likely N-dealkylation sites (tertiary alicyclic amines) is 1. The van der Waals surface area contributed by atoms with Crippen molar-refractivity contribution in [1.82, 2.24) is 15.5 Å². The Morgan fingerprint density at radius 2 is 1.81 bits per heavy atom. The highest BCUT2D eigenvalue weighted by molar-refractivity contribution is 5.85. The molecule has 0 unspecified atom stereocenters. The van der Waals surface area contributed by atoms with Gasteiger partial charge in [0.1, 0.15) is 0 Å². The minimum atomic E-state index is 0.551. The van der Waals surface area contributed by atoms with Crippen LogP contribution in [0.2, 0.25) is 0 Å². The van der Waals surface area contributed by atoms with E-state index in [0.717, 1.165) is 31.5 Å². The highest BCUT2D eigenvalue weighted by Crippen LogP contribution is 2.29. The largest absolute Gasteiger partial charge is 0.357 e. The Balaban J connectivity index is 1.33. The standard InChI is InChI=1S/C23H32N4/c1-2-24-23(26-20-13-16-27(17-14-20)21-10-11-21)25-15-12-19-8-5-7-18-6-3-4-9-22(18)19/h3-9,20-21H,2,10-17H2,1H3,(H2,24,25,26). The highest BCUT2D eigenvalue weighted by Gasteiger charge is 2.31. The van der Waals surface area contributed by atoms with Gasteiger partial charge < -0.3 is 15.5 Å². The summed E-state index contributed by atoms with van der Waals surface area (Å²) >= 11 is 0. The molecule has 1 saturated heterocycles. The van der Waals surface area contributed by atoms with E-state index in [9.17, 15) is 0 Å². The second-order valence-corrected chi connectivity index (χ2v) is 7.83. The predicted molar refractivity (Wildman–Crippen MR) is 114 cm³/mol. The molecule has 2 N–H and O–H groups in total. The second kappa shape index (κ2) is 8.75. The normalized spacial score (nSPS) is 19.4. The average molecular weight is 365 g/mol. The maximum Gasteiger partial charge on any atom is 0.191 e. The molecule has 0 bridgehead atoms. The smallest absolute Gasteiger partial charge is 0.191 e. The molecule has 0 atom stereocenters. The van der Waals surface area contributed by atoms with Gasteiger partial charge in [-0.3, -0.25) is 4.99 Å². The molecule has 1 aliphatic heterocycles. The predicted octanol–water partition coefficient (Wildman–Crippen LogP) is 3.56. The van der Waals surface area contributed by atoms with Crippen molar-refractivity contribution < 1.29 is 0 Å². The number of fused-ring (bicyclic) bond motifs is 1. The topological polar surface area (TPSA) is 39.7 Å². The molecule has 2 aromatic carbocycles. The minimum absolute atomic E-state index is 0.551. The quantitative estimate of drug-likeness (QED) is 0.608. The maximum atomic E-state index is 4.86. The lowest BCUT2D eigenvalue weighted by Gasteiger charge is -2.33. The summed E-state index contributed by atoms with van der Waals surface area (Å²) in [7, 11) is 0. The number of piperidine rings is 1. The molecular formula is C23H32N4. The lowest BCUT2D eigenvalue weighted by atomic mass is 10.0. The number of nitrogens with zero attached hydrogens (tertiary/aromatic N) is 2. The molecule has 0 radical (unpaired) electrons. The van der Waals surface area contributed by atoms with Crippen molar-refractivity contribution in [2.45, 2.75) is 51.1 Å². The fourth-order valence-electron chi connectivity index (χ4n) is 4.16. The van der Waals surface area contributed by atoms with Crippen molar-refractivity contribution >= 4 is 16.7 Å². The van der Waals surface area contributed by atoms with E-state index in [4.69, 9.17) is 4.99 Å². The third kappa shape index (κ3) is 4.81. The molecule has 0 aromatic heterocycles. The SMILES string of the molecule is CCNC(=NCCc1cccc2ccccc12)NC1CCN(C2CC2)CC1. The van der Waals surface area contributed by atoms with Gasteiger partial charge in [-0.15, -0.1) is 0 Å². The van der Waals surface area contributed by atoms with Crippen LogP contribution in [0.5, 0.6) is 0 Å². The zero-order valence-electron chi connectivity index (χ0n) is 16.5. The molecule has 1 aliphatic carbocycles. The number of guanidine groups is 1. The number of benzene rings is 2. The zero-order chi connectivity index (χ0) is 18.5. The van der Waals surface area contributed by atoms with E-state index in [-0.39, 0.29) is 0 Å². The van der Waals surface area contributed by atoms with E-state index in [0.29, 0.717) is 6.04 Å². The summed E-state index contributed by atoms with van der Waals surface area (Å²) in [6.07, 6.45) is 6.25. The van der Waals surface area contributed by atoms with Gasteiger partial charge in [-0.05, 0) is 55.4 Å². The second-order valence-electron chi connectivity index (χ2n) is 7.83. The summed E-state index contributed by atoms with van der Waals surface area (Å²) in [5, 5.41) is 9.76. The molecule has 27 heavy (non-hydrogen) atoms. The van der Waals surface area contributed by atoms with Gasteiger partial charge in [0, 0.05) is 38.3 Å². The molecule has 0 spiro atoms. The molecule has 4 heteroatoms. The van der Waals surface area contributed by atoms with Crippen LogP contribution < -0.4 is 10.6 Å². The molecule has 2 aliphatic rings. The lowest BCUT2D eigenvalue weighted by molar-refractivity contribution is 0.197. The lowest BCUT2D eigenvalue weighted by Crippen LogP contribution is -2.49. The van der Waals surface area contributed by atoms with Gasteiger partial charge in [0.05, 0.1) is 0 Å². The van der Waals surface area contributed by atoms with Crippen molar-refractivity contribution in [2.24, 2.45) is 4.99 Å². The first-order valence-electron chi connectivity index (χ1n) is 10.6. The summed E-state index contributed by atoms with van der Waals surface area (Å²) < 4.78 is 0. The summed E-state index contributed by atoms with van der Waals surface area (Å²) in [5.41, 5.74) is 1.38. The first kappa shape index (κ1) is 18.3. The van der Waals surface area contributed by atoms with E-state index in [1.165, 1.54) is 55.1 Å². The van der Waals surface area contributed by atoms with Gasteiger partial charge >= 0.3 is 0 Å². The van der Waals surface area contributed by atoms with Crippen LogP contribution in [-0.2, 0) is 6.42 Å². The fourth-order valence-corrected chi connectivity index (χ4v) is 4.16. The first-order chi connectivity index (χ1) is 13.3. The van der Waals surface area contributed by atoms with Crippen molar-refractivity contribution in [3.63, 3.8) is 0 Å². The van der Waals surface area contributed by atoms with Gasteiger partial charge in [-0.25, -0.2) is 0 Å². The zero-order valence-corrected chi connectivity index (χ0v) is 16.5. The van der Waals surface area contributed by atoms with Crippen molar-refractivity contribution in [2.75, 3.05) is 26.2 Å². The van der Waals surface area contributed by atoms with Gasteiger partial charge in [-0.1, -0.05) is 42.5 Å². The first-order valence-corrected chi connectivity index (χ1v) is 10.6. The van der Waals surface area contributed by atoms with E-state index >= 15 is 0 Å². The van der Waals surface area contributed by atoms with E-state index < -0.39 is 0 Å². The molecule has 4 rings (SSSR count). The number of nitrogens with one attached hydrogen (secondary N) is 2. The minimum Gasteiger partial charge on any atom is -0.357 e. The van der Waals surface area contributed by atoms with Crippen LogP contribution in [0.4, 0.5) is 0 Å². The molecule has 2 aromatic rings. The number of aliphatic imine (C=N–C) groups is 1. The summed E-state index contributed by atoms with van der Waals surface area (Å²) in [6.45, 7) is 6.32. The van der Waals surface area contributed by atoms with Gasteiger partial charge in [-0.2, -0.15) is 0 Å². The molecule has 1 saturated carbocycles. The Labute approximate surface area is 163 Å². The Hall–Kier alpha value is -2.07. The van der Waals surface area contributed by atoms with E-state index in [1.54, 1.807) is 0 Å². The summed E-state index contributed by atoms with van der Waals surface area (Å²) in [4.78, 5) is 7.53. The molecular weight excluding hydrogens is 332 g/mol. The summed E-state index contributed by atoms with van der Waals surface area (Å²) in [6, 6.07) is 16.6. The average Bonchev–Trinajstić information content (AvgIpc) is 3.54. The Kier molecular flexibility index (Phi) is 5.93. The van der Waals surface area contributed by atoms with Crippen LogP contribution in [0.1, 0.15) is 38.2 Å². The number of hydrogen-bond donors (Lipinski definition) is 2. The van der Waals surface area contributed by atoms with Crippen molar-refractivity contribution in [3.8, 4) is 0 Å². The van der Waals surface area contributed by atoms with Crippen molar-refractivity contribution in [3.05, 3.63) is 48.0 Å². The third-order valence-corrected chi connectivity index (χ3v) is 5.81. The third-order valence-electron chi connectivity index (χ3n) is 5.81. The monoisotopic (exact) mass is 364 g/mol. The van der Waals surface area contributed by atoms with Crippen molar-refractivity contribution in [1.29, 1.82) is 0 Å². The fraction of sp³-hybridized carbons (Fsp3) is 0.522. The number of hydrogen-bond acceptors (Lipinski definition) is 2. The maximum absolute atomic E-state index is 4.86. The van der Waals surface area contributed by atoms with Crippen LogP contribution >= 0.6 is 0 Å². The Bertz CT molecular complexity index is 768. The molecule has 4 nitrogen and oxygen atoms in total. The summed E-state index contributed by atoms with van der Waals surface area (Å²) in [5.74, 6) is 0.975. The Morgan fingerprint density at radius 3 is 2.59 bits per heavy atom. The van der Waals surface area contributed by atoms with Crippen LogP contribution in [0.25, 0.3) is 10.8 Å². The molecule has 1 heterocycles. The van der Waals surface area contributed by atoms with E-state index in [2.05, 4.69) is 64.9 Å². The van der Waals surface area contributed by atoms with Gasteiger partial charge in [0.15, 0.2) is 5.96 Å². The molecule has 0 amide bonds. The van der Waals surface area contributed by atoms with E-state index in [1.807, 2.05) is 0 Å². The highest BCUT2D eigenvalue weighted by atomic mass is 15.2. The Morgan fingerprint density at radius 1 is 1.04 bits per heavy atom.